The number of aliphatic hydroxyl groups is 1. The van der Waals surface area contributed by atoms with E-state index in [1.165, 1.54) is 39.0 Å². The van der Waals surface area contributed by atoms with Crippen molar-refractivity contribution in [2.24, 2.45) is 22.7 Å². The van der Waals surface area contributed by atoms with Gasteiger partial charge < -0.3 is 14.6 Å². The first-order valence-electron chi connectivity index (χ1n) is 11.6. The van der Waals surface area contributed by atoms with Gasteiger partial charge in [0.1, 0.15) is 6.61 Å². The van der Waals surface area contributed by atoms with Crippen molar-refractivity contribution < 1.29 is 24.2 Å². The lowest BCUT2D eigenvalue weighted by molar-refractivity contribution is -0.160. The summed E-state index contributed by atoms with van der Waals surface area (Å²) in [6.45, 7) is 12.6. The number of carbonyl (C=O) groups excluding carboxylic acids is 2. The molecule has 30 heavy (non-hydrogen) atoms. The van der Waals surface area contributed by atoms with Crippen LogP contribution in [0.15, 0.2) is 11.1 Å². The number of hydrogen-bond donors (Lipinski definition) is 1. The van der Waals surface area contributed by atoms with Crippen molar-refractivity contribution >= 4 is 11.9 Å². The van der Waals surface area contributed by atoms with Crippen molar-refractivity contribution in [2.75, 3.05) is 13.2 Å². The van der Waals surface area contributed by atoms with E-state index < -0.39 is 12.1 Å². The minimum absolute atomic E-state index is 0.0965. The molecule has 0 aliphatic heterocycles. The number of aliphatic hydroxyl groups excluding tert-OH is 1. The molecular weight excluding hydrogens is 380 g/mol. The van der Waals surface area contributed by atoms with E-state index in [9.17, 15) is 14.7 Å². The molecule has 1 fully saturated rings. The number of ether oxygens (including phenoxy) is 2. The van der Waals surface area contributed by atoms with Crippen LogP contribution in [0.1, 0.15) is 92.9 Å². The molecule has 0 heterocycles. The van der Waals surface area contributed by atoms with Crippen LogP contribution < -0.4 is 0 Å². The van der Waals surface area contributed by atoms with Gasteiger partial charge in [0.25, 0.3) is 0 Å². The Morgan fingerprint density at radius 3 is 2.57 bits per heavy atom. The zero-order valence-corrected chi connectivity index (χ0v) is 19.9. The molecule has 0 amide bonds. The lowest BCUT2D eigenvalue weighted by Gasteiger charge is -2.55. The van der Waals surface area contributed by atoms with E-state index in [1.54, 1.807) is 11.1 Å². The Bertz CT molecular complexity index is 650. The normalized spacial score (nSPS) is 27.8. The molecule has 2 rings (SSSR count). The van der Waals surface area contributed by atoms with E-state index in [2.05, 4.69) is 34.6 Å². The second-order valence-corrected chi connectivity index (χ2v) is 10.6. The third-order valence-corrected chi connectivity index (χ3v) is 7.61. The van der Waals surface area contributed by atoms with Crippen LogP contribution in [0, 0.1) is 22.7 Å². The SMILES string of the molecule is CC(=O)O[C@@H](CO)COC(=O)C[C@H](C)CCC1=C(C)CC[C@@H]2C(C)(C)CCC[C@@]12C. The first-order valence-corrected chi connectivity index (χ1v) is 11.6. The minimum Gasteiger partial charge on any atom is -0.462 e. The molecule has 0 saturated heterocycles. The van der Waals surface area contributed by atoms with Crippen LogP contribution >= 0.6 is 0 Å². The predicted molar refractivity (Wildman–Crippen MR) is 118 cm³/mol. The lowest BCUT2D eigenvalue weighted by Crippen LogP contribution is -2.45. The van der Waals surface area contributed by atoms with Crippen LogP contribution in [-0.2, 0) is 19.1 Å². The molecule has 172 valence electrons. The topological polar surface area (TPSA) is 72.8 Å². The molecule has 1 N–H and O–H groups in total. The summed E-state index contributed by atoms with van der Waals surface area (Å²) in [6, 6.07) is 0. The Morgan fingerprint density at radius 2 is 1.93 bits per heavy atom. The predicted octanol–water partition coefficient (Wildman–Crippen LogP) is 5.20. The van der Waals surface area contributed by atoms with Gasteiger partial charge in [0, 0.05) is 13.3 Å². The number of fused-ring (bicyclic) bond motifs is 1. The Kier molecular flexibility index (Phi) is 8.55. The van der Waals surface area contributed by atoms with Crippen molar-refractivity contribution in [1.82, 2.24) is 0 Å². The monoisotopic (exact) mass is 422 g/mol. The molecule has 2 aliphatic carbocycles. The van der Waals surface area contributed by atoms with E-state index in [0.29, 0.717) is 17.3 Å². The third kappa shape index (κ3) is 6.09. The molecule has 1 saturated carbocycles. The summed E-state index contributed by atoms with van der Waals surface area (Å²) >= 11 is 0. The van der Waals surface area contributed by atoms with Gasteiger partial charge in [-0.2, -0.15) is 0 Å². The number of esters is 2. The van der Waals surface area contributed by atoms with E-state index >= 15 is 0 Å². The van der Waals surface area contributed by atoms with E-state index in [0.717, 1.165) is 18.8 Å². The molecule has 0 unspecified atom stereocenters. The molecule has 0 aromatic carbocycles. The first-order chi connectivity index (χ1) is 14.0. The maximum Gasteiger partial charge on any atom is 0.306 e. The third-order valence-electron chi connectivity index (χ3n) is 7.61. The molecule has 0 radical (unpaired) electrons. The second kappa shape index (κ2) is 10.3. The van der Waals surface area contributed by atoms with Gasteiger partial charge in [-0.3, -0.25) is 9.59 Å². The van der Waals surface area contributed by atoms with Crippen molar-refractivity contribution in [2.45, 2.75) is 99.0 Å². The average molecular weight is 423 g/mol. The zero-order chi connectivity index (χ0) is 22.5. The zero-order valence-electron chi connectivity index (χ0n) is 19.9. The van der Waals surface area contributed by atoms with E-state index in [-0.39, 0.29) is 25.1 Å². The van der Waals surface area contributed by atoms with Crippen LogP contribution in [0.2, 0.25) is 0 Å². The van der Waals surface area contributed by atoms with Gasteiger partial charge in [-0.1, -0.05) is 45.3 Å². The van der Waals surface area contributed by atoms with Crippen LogP contribution in [0.25, 0.3) is 0 Å². The fraction of sp³-hybridized carbons (Fsp3) is 0.840. The summed E-state index contributed by atoms with van der Waals surface area (Å²) in [7, 11) is 0. The van der Waals surface area contributed by atoms with Crippen LogP contribution in [-0.4, -0.2) is 36.4 Å². The minimum atomic E-state index is -0.789. The van der Waals surface area contributed by atoms with Crippen LogP contribution in [0.4, 0.5) is 0 Å². The quantitative estimate of drug-likeness (QED) is 0.408. The summed E-state index contributed by atoms with van der Waals surface area (Å²) in [5.74, 6) is 0.173. The van der Waals surface area contributed by atoms with Crippen molar-refractivity contribution in [3.63, 3.8) is 0 Å². The lowest BCUT2D eigenvalue weighted by atomic mass is 9.50. The molecule has 0 spiro atoms. The summed E-state index contributed by atoms with van der Waals surface area (Å²) < 4.78 is 10.1. The van der Waals surface area contributed by atoms with Gasteiger partial charge in [0.2, 0.25) is 0 Å². The summed E-state index contributed by atoms with van der Waals surface area (Å²) in [4.78, 5) is 23.2. The Morgan fingerprint density at radius 1 is 1.23 bits per heavy atom. The van der Waals surface area contributed by atoms with Gasteiger partial charge in [0.05, 0.1) is 6.61 Å². The van der Waals surface area contributed by atoms with Crippen LogP contribution in [0.5, 0.6) is 0 Å². The maximum absolute atomic E-state index is 12.2. The highest BCUT2D eigenvalue weighted by molar-refractivity contribution is 5.69. The van der Waals surface area contributed by atoms with Gasteiger partial charge in [-0.05, 0) is 68.1 Å². The molecule has 2 aliphatic rings. The molecule has 0 aromatic rings. The molecule has 5 nitrogen and oxygen atoms in total. The first kappa shape index (κ1) is 24.9. The fourth-order valence-electron chi connectivity index (χ4n) is 6.07. The highest BCUT2D eigenvalue weighted by Crippen LogP contribution is 2.60. The number of rotatable bonds is 9. The van der Waals surface area contributed by atoms with Gasteiger partial charge in [-0.15, -0.1) is 0 Å². The molecule has 0 bridgehead atoms. The summed E-state index contributed by atoms with van der Waals surface area (Å²) in [5, 5.41) is 9.21. The highest BCUT2D eigenvalue weighted by atomic mass is 16.6. The molecule has 5 heteroatoms. The highest BCUT2D eigenvalue weighted by Gasteiger charge is 2.49. The van der Waals surface area contributed by atoms with Gasteiger partial charge in [-0.25, -0.2) is 0 Å². The number of allylic oxidation sites excluding steroid dienone is 2. The molecular formula is C25H42O5. The Hall–Kier alpha value is -1.36. The molecule has 4 atom stereocenters. The fourth-order valence-corrected chi connectivity index (χ4v) is 6.07. The largest absolute Gasteiger partial charge is 0.462 e. The Balaban J connectivity index is 1.89. The number of carbonyl (C=O) groups is 2. The second-order valence-electron chi connectivity index (χ2n) is 10.6. The smallest absolute Gasteiger partial charge is 0.306 e. The molecule has 0 aromatic heterocycles. The van der Waals surface area contributed by atoms with E-state index in [4.69, 9.17) is 9.47 Å². The van der Waals surface area contributed by atoms with Crippen LogP contribution in [0.3, 0.4) is 0 Å². The maximum atomic E-state index is 12.2. The summed E-state index contributed by atoms with van der Waals surface area (Å²) in [5.41, 5.74) is 3.90. The summed E-state index contributed by atoms with van der Waals surface area (Å²) in [6.07, 6.45) is 7.98. The van der Waals surface area contributed by atoms with E-state index in [1.807, 2.05) is 0 Å². The number of hydrogen-bond acceptors (Lipinski definition) is 5. The van der Waals surface area contributed by atoms with Crippen molar-refractivity contribution in [3.8, 4) is 0 Å². The van der Waals surface area contributed by atoms with Gasteiger partial charge >= 0.3 is 11.9 Å². The van der Waals surface area contributed by atoms with Crippen molar-refractivity contribution in [3.05, 3.63) is 11.1 Å². The van der Waals surface area contributed by atoms with Crippen molar-refractivity contribution in [1.29, 1.82) is 0 Å². The van der Waals surface area contributed by atoms with Gasteiger partial charge in [0.15, 0.2) is 6.10 Å². The standard InChI is InChI=1S/C25H42O5/c1-17(14-23(28)29-16-20(15-26)30-19(3)27)8-10-21-18(2)9-11-22-24(4,5)12-7-13-25(21,22)6/h17,20,22,26H,7-16H2,1-6H3/t17-,20+,22-,25+/m1/s1. The average Bonchev–Trinajstić information content (AvgIpc) is 2.63. The Labute approximate surface area is 182 Å².